The zero-order valence-electron chi connectivity index (χ0n) is 15.2. The average molecular weight is 430 g/mol. The maximum atomic E-state index is 15.1. The second kappa shape index (κ2) is 7.40. The second-order valence-corrected chi connectivity index (χ2v) is 7.33. The summed E-state index contributed by atoms with van der Waals surface area (Å²) in [5.41, 5.74) is 0.605. The van der Waals surface area contributed by atoms with E-state index in [2.05, 4.69) is 25.1 Å². The number of fused-ring (bicyclic) bond motifs is 1. The predicted molar refractivity (Wildman–Crippen MR) is 97.0 cm³/mol. The Kier molecular flexibility index (Phi) is 5.05. The third-order valence-electron chi connectivity index (χ3n) is 5.00. The Labute approximate surface area is 167 Å². The first-order chi connectivity index (χ1) is 13.7. The number of H-pyrrole nitrogens is 1. The van der Waals surface area contributed by atoms with E-state index in [0.717, 1.165) is 0 Å². The molecule has 0 radical (unpaired) electrons. The summed E-state index contributed by atoms with van der Waals surface area (Å²) in [4.78, 5) is 12.1. The van der Waals surface area contributed by atoms with Gasteiger partial charge in [-0.1, -0.05) is 11.6 Å². The molecule has 0 aliphatic heterocycles. The van der Waals surface area contributed by atoms with Crippen molar-refractivity contribution >= 4 is 22.5 Å². The van der Waals surface area contributed by atoms with Crippen LogP contribution in [-0.4, -0.2) is 37.4 Å². The Balaban J connectivity index is 1.63. The van der Waals surface area contributed by atoms with Gasteiger partial charge in [0, 0.05) is 6.20 Å². The fraction of sp³-hybridized carbons (Fsp3) is 0.444. The molecule has 0 saturated heterocycles. The van der Waals surface area contributed by atoms with Gasteiger partial charge in [-0.15, -0.1) is 0 Å². The van der Waals surface area contributed by atoms with Crippen molar-refractivity contribution in [1.82, 2.24) is 25.1 Å². The molecule has 1 aliphatic rings. The highest BCUT2D eigenvalue weighted by Crippen LogP contribution is 2.39. The molecule has 3 aromatic heterocycles. The highest BCUT2D eigenvalue weighted by molar-refractivity contribution is 6.35. The van der Waals surface area contributed by atoms with E-state index in [1.54, 1.807) is 13.0 Å². The van der Waals surface area contributed by atoms with Gasteiger partial charge in [0.1, 0.15) is 28.5 Å². The van der Waals surface area contributed by atoms with E-state index in [0.29, 0.717) is 10.9 Å². The molecule has 11 heteroatoms. The summed E-state index contributed by atoms with van der Waals surface area (Å²) in [6.07, 6.45) is -3.06. The van der Waals surface area contributed by atoms with Crippen molar-refractivity contribution in [3.63, 3.8) is 0 Å². The van der Waals surface area contributed by atoms with Crippen LogP contribution in [0.2, 0.25) is 5.15 Å². The lowest BCUT2D eigenvalue weighted by Crippen LogP contribution is -2.32. The number of aryl methyl sites for hydroxylation is 1. The molecule has 29 heavy (non-hydrogen) atoms. The number of hydrogen-bond donors (Lipinski definition) is 1. The minimum atomic E-state index is -4.22. The molecule has 6 nitrogen and oxygen atoms in total. The van der Waals surface area contributed by atoms with Crippen LogP contribution in [0.4, 0.5) is 17.6 Å². The van der Waals surface area contributed by atoms with Crippen molar-refractivity contribution in [3.05, 3.63) is 29.1 Å². The van der Waals surface area contributed by atoms with Gasteiger partial charge < -0.3 is 4.74 Å². The van der Waals surface area contributed by atoms with Crippen LogP contribution in [0.5, 0.6) is 5.88 Å². The first kappa shape index (κ1) is 19.8. The Morgan fingerprint density at radius 1 is 1.14 bits per heavy atom. The molecule has 0 bridgehead atoms. The minimum absolute atomic E-state index is 0.0575. The standard InChI is InChI=1S/C18H16ClF4N5O/c1-8-25-15(14-12-11(27-28-14)6-7-24-16(12)19)13(20)17(26-8)29-10-4-2-9(3-5-10)18(21,22)23/h6-7,9-10H,2-5H2,1H3,(H,27,28). The van der Waals surface area contributed by atoms with Crippen LogP contribution in [0.15, 0.2) is 12.3 Å². The summed E-state index contributed by atoms with van der Waals surface area (Å²) in [5, 5.41) is 7.38. The molecule has 3 heterocycles. The van der Waals surface area contributed by atoms with Crippen molar-refractivity contribution in [2.75, 3.05) is 0 Å². The molecule has 154 valence electrons. The summed E-state index contributed by atoms with van der Waals surface area (Å²) >= 11 is 6.13. The van der Waals surface area contributed by atoms with E-state index in [1.807, 2.05) is 0 Å². The fourth-order valence-corrected chi connectivity index (χ4v) is 3.78. The predicted octanol–water partition coefficient (Wildman–Crippen LogP) is 5.02. The number of aromatic nitrogens is 5. The lowest BCUT2D eigenvalue weighted by Gasteiger charge is -2.29. The molecule has 1 fully saturated rings. The Morgan fingerprint density at radius 2 is 1.86 bits per heavy atom. The highest BCUT2D eigenvalue weighted by Gasteiger charge is 2.42. The molecule has 3 aromatic rings. The third-order valence-corrected chi connectivity index (χ3v) is 5.29. The van der Waals surface area contributed by atoms with Crippen LogP contribution in [0.25, 0.3) is 22.3 Å². The number of aromatic amines is 1. The number of nitrogens with zero attached hydrogens (tertiary/aromatic N) is 4. The van der Waals surface area contributed by atoms with Crippen LogP contribution in [0.1, 0.15) is 31.5 Å². The van der Waals surface area contributed by atoms with Crippen LogP contribution >= 0.6 is 11.6 Å². The number of alkyl halides is 3. The van der Waals surface area contributed by atoms with Crippen molar-refractivity contribution in [1.29, 1.82) is 0 Å². The minimum Gasteiger partial charge on any atom is -0.472 e. The van der Waals surface area contributed by atoms with Gasteiger partial charge in [0.05, 0.1) is 16.8 Å². The molecule has 1 N–H and O–H groups in total. The number of nitrogens with one attached hydrogen (secondary N) is 1. The van der Waals surface area contributed by atoms with E-state index in [4.69, 9.17) is 16.3 Å². The van der Waals surface area contributed by atoms with Gasteiger partial charge in [0.2, 0.25) is 5.82 Å². The van der Waals surface area contributed by atoms with Gasteiger partial charge in [0.25, 0.3) is 5.88 Å². The van der Waals surface area contributed by atoms with Gasteiger partial charge in [-0.2, -0.15) is 27.6 Å². The molecule has 4 rings (SSSR count). The van der Waals surface area contributed by atoms with E-state index >= 15 is 4.39 Å². The number of ether oxygens (including phenoxy) is 1. The quantitative estimate of drug-likeness (QED) is 0.467. The van der Waals surface area contributed by atoms with E-state index in [-0.39, 0.29) is 53.9 Å². The molecule has 0 aromatic carbocycles. The Morgan fingerprint density at radius 3 is 2.55 bits per heavy atom. The molecular formula is C18H16ClF4N5O. The van der Waals surface area contributed by atoms with Gasteiger partial charge >= 0.3 is 6.18 Å². The largest absolute Gasteiger partial charge is 0.472 e. The lowest BCUT2D eigenvalue weighted by molar-refractivity contribution is -0.185. The van der Waals surface area contributed by atoms with Crippen molar-refractivity contribution in [3.8, 4) is 17.3 Å². The smallest absolute Gasteiger partial charge is 0.391 e. The fourth-order valence-electron chi connectivity index (χ4n) is 3.53. The maximum absolute atomic E-state index is 15.1. The van der Waals surface area contributed by atoms with Crippen LogP contribution in [0, 0.1) is 18.7 Å². The summed E-state index contributed by atoms with van der Waals surface area (Å²) in [7, 11) is 0. The molecular weight excluding hydrogens is 414 g/mol. The highest BCUT2D eigenvalue weighted by atomic mass is 35.5. The summed E-state index contributed by atoms with van der Waals surface area (Å²) < 4.78 is 59.3. The molecule has 1 aliphatic carbocycles. The van der Waals surface area contributed by atoms with Crippen molar-refractivity contribution in [2.24, 2.45) is 5.92 Å². The van der Waals surface area contributed by atoms with Gasteiger partial charge in [0.15, 0.2) is 0 Å². The Bertz CT molecular complexity index is 1050. The molecule has 0 atom stereocenters. The second-order valence-electron chi connectivity index (χ2n) is 6.97. The van der Waals surface area contributed by atoms with Gasteiger partial charge in [-0.3, -0.25) is 5.10 Å². The SMILES string of the molecule is Cc1nc(OC2CCC(C(F)(F)F)CC2)c(F)c(-c2n[nH]c3ccnc(Cl)c23)n1. The molecule has 0 spiro atoms. The normalized spacial score (nSPS) is 20.2. The summed E-state index contributed by atoms with van der Waals surface area (Å²) in [5.74, 6) is -2.27. The number of pyridine rings is 1. The van der Waals surface area contributed by atoms with Gasteiger partial charge in [-0.05, 0) is 38.7 Å². The number of rotatable bonds is 3. The zero-order chi connectivity index (χ0) is 20.8. The molecule has 1 saturated carbocycles. The first-order valence-corrected chi connectivity index (χ1v) is 9.38. The topological polar surface area (TPSA) is 76.6 Å². The third kappa shape index (κ3) is 3.85. The number of hydrogen-bond acceptors (Lipinski definition) is 5. The lowest BCUT2D eigenvalue weighted by atomic mass is 9.87. The average Bonchev–Trinajstić information content (AvgIpc) is 3.09. The van der Waals surface area contributed by atoms with E-state index in [9.17, 15) is 13.2 Å². The van der Waals surface area contributed by atoms with E-state index in [1.165, 1.54) is 6.20 Å². The first-order valence-electron chi connectivity index (χ1n) is 9.00. The molecule has 0 amide bonds. The van der Waals surface area contributed by atoms with Gasteiger partial charge in [-0.25, -0.2) is 9.97 Å². The Hall–Kier alpha value is -2.49. The van der Waals surface area contributed by atoms with Crippen molar-refractivity contribution < 1.29 is 22.3 Å². The molecule has 0 unspecified atom stereocenters. The number of halogens is 5. The van der Waals surface area contributed by atoms with Crippen LogP contribution < -0.4 is 4.74 Å². The summed E-state index contributed by atoms with van der Waals surface area (Å²) in [6, 6.07) is 1.64. The maximum Gasteiger partial charge on any atom is 0.391 e. The van der Waals surface area contributed by atoms with E-state index < -0.39 is 24.0 Å². The monoisotopic (exact) mass is 429 g/mol. The van der Waals surface area contributed by atoms with Crippen LogP contribution in [0.3, 0.4) is 0 Å². The zero-order valence-corrected chi connectivity index (χ0v) is 16.0. The summed E-state index contributed by atoms with van der Waals surface area (Å²) in [6.45, 7) is 1.56. The van der Waals surface area contributed by atoms with Crippen LogP contribution in [-0.2, 0) is 0 Å². The van der Waals surface area contributed by atoms with Crippen molar-refractivity contribution in [2.45, 2.75) is 44.9 Å².